The van der Waals surface area contributed by atoms with Gasteiger partial charge in [-0.25, -0.2) is 0 Å². The lowest BCUT2D eigenvalue weighted by molar-refractivity contribution is 0.282. The molecule has 20 heavy (non-hydrogen) atoms. The van der Waals surface area contributed by atoms with E-state index < -0.39 is 0 Å². The third-order valence-corrected chi connectivity index (χ3v) is 4.18. The molecule has 1 N–H and O–H groups in total. The number of rotatable bonds is 4. The van der Waals surface area contributed by atoms with E-state index in [-0.39, 0.29) is 12.6 Å². The highest BCUT2D eigenvalue weighted by atomic mass is 35.5. The van der Waals surface area contributed by atoms with Gasteiger partial charge < -0.3 is 10.0 Å². The lowest BCUT2D eigenvalue weighted by atomic mass is 10.1. The van der Waals surface area contributed by atoms with Crippen molar-refractivity contribution in [2.75, 3.05) is 11.9 Å². The number of benzene rings is 2. The molecule has 2 nitrogen and oxygen atoms in total. The molecule has 0 radical (unpaired) electrons. The van der Waals surface area contributed by atoms with Gasteiger partial charge in [0, 0.05) is 17.6 Å². The van der Waals surface area contributed by atoms with Gasteiger partial charge in [-0.15, -0.1) is 0 Å². The molecule has 0 saturated heterocycles. The van der Waals surface area contributed by atoms with Crippen LogP contribution in [0.4, 0.5) is 5.69 Å². The van der Waals surface area contributed by atoms with E-state index in [1.807, 2.05) is 54.4 Å². The summed E-state index contributed by atoms with van der Waals surface area (Å²) in [5, 5.41) is 10.8. The summed E-state index contributed by atoms with van der Waals surface area (Å²) >= 11 is 12.5. The topological polar surface area (TPSA) is 23.5 Å². The van der Waals surface area contributed by atoms with Gasteiger partial charge >= 0.3 is 0 Å². The van der Waals surface area contributed by atoms with E-state index in [0.29, 0.717) is 5.02 Å². The second-order valence-corrected chi connectivity index (χ2v) is 5.53. The van der Waals surface area contributed by atoms with Crippen molar-refractivity contribution >= 4 is 28.9 Å². The van der Waals surface area contributed by atoms with E-state index in [4.69, 9.17) is 23.2 Å². The van der Waals surface area contributed by atoms with Crippen LogP contribution in [0.15, 0.2) is 42.5 Å². The molecule has 1 atom stereocenters. The molecular formula is C16H17Cl2NO. The van der Waals surface area contributed by atoms with Gasteiger partial charge in [0.15, 0.2) is 0 Å². The number of hydrogen-bond acceptors (Lipinski definition) is 2. The molecule has 2 rings (SSSR count). The number of halogens is 2. The van der Waals surface area contributed by atoms with Gasteiger partial charge in [-0.1, -0.05) is 53.5 Å². The van der Waals surface area contributed by atoms with Gasteiger partial charge in [0.2, 0.25) is 0 Å². The molecule has 0 spiro atoms. The van der Waals surface area contributed by atoms with Crippen LogP contribution in [-0.4, -0.2) is 12.2 Å². The third kappa shape index (κ3) is 2.93. The summed E-state index contributed by atoms with van der Waals surface area (Å²) in [5.41, 5.74) is 2.67. The van der Waals surface area contributed by atoms with Crippen molar-refractivity contribution in [2.24, 2.45) is 0 Å². The van der Waals surface area contributed by atoms with Crippen LogP contribution in [0, 0.1) is 0 Å². The fraction of sp³-hybridized carbons (Fsp3) is 0.250. The maximum absolute atomic E-state index is 9.49. The Morgan fingerprint density at radius 3 is 2.35 bits per heavy atom. The van der Waals surface area contributed by atoms with Crippen LogP contribution in [0.5, 0.6) is 0 Å². The van der Waals surface area contributed by atoms with E-state index in [2.05, 4.69) is 6.92 Å². The molecular weight excluding hydrogens is 293 g/mol. The Hall–Kier alpha value is -1.22. The number of anilines is 1. The zero-order valence-electron chi connectivity index (χ0n) is 11.5. The lowest BCUT2D eigenvalue weighted by Gasteiger charge is -2.30. The number of para-hydroxylation sites is 1. The first-order valence-corrected chi connectivity index (χ1v) is 7.17. The maximum atomic E-state index is 9.49. The predicted molar refractivity (Wildman–Crippen MR) is 85.6 cm³/mol. The SMILES string of the molecule is CC(c1ccccc1Cl)N(C)c1c(Cl)cccc1CO. The van der Waals surface area contributed by atoms with Crippen LogP contribution >= 0.6 is 23.2 Å². The molecule has 106 valence electrons. The molecule has 0 aromatic heterocycles. The highest BCUT2D eigenvalue weighted by Crippen LogP contribution is 2.36. The monoisotopic (exact) mass is 309 g/mol. The Morgan fingerprint density at radius 2 is 1.70 bits per heavy atom. The lowest BCUT2D eigenvalue weighted by Crippen LogP contribution is -2.23. The van der Waals surface area contributed by atoms with Gasteiger partial charge in [-0.2, -0.15) is 0 Å². The summed E-state index contributed by atoms with van der Waals surface area (Å²) in [6.45, 7) is 2.02. The van der Waals surface area contributed by atoms with E-state index in [9.17, 15) is 5.11 Å². The van der Waals surface area contributed by atoms with Crippen LogP contribution in [0.1, 0.15) is 24.1 Å². The molecule has 0 heterocycles. The second-order valence-electron chi connectivity index (χ2n) is 4.71. The number of aliphatic hydroxyl groups is 1. The van der Waals surface area contributed by atoms with Crippen molar-refractivity contribution in [3.05, 3.63) is 63.6 Å². The van der Waals surface area contributed by atoms with Gasteiger partial charge in [-0.3, -0.25) is 0 Å². The molecule has 1 unspecified atom stereocenters. The van der Waals surface area contributed by atoms with Gasteiger partial charge in [0.1, 0.15) is 0 Å². The van der Waals surface area contributed by atoms with Gasteiger partial charge in [0.05, 0.1) is 23.4 Å². The summed E-state index contributed by atoms with van der Waals surface area (Å²) in [6.07, 6.45) is 0. The van der Waals surface area contributed by atoms with Crippen LogP contribution < -0.4 is 4.90 Å². The highest BCUT2D eigenvalue weighted by molar-refractivity contribution is 6.33. The fourth-order valence-electron chi connectivity index (χ4n) is 2.30. The first-order chi connectivity index (χ1) is 9.56. The van der Waals surface area contributed by atoms with Crippen LogP contribution in [-0.2, 0) is 6.61 Å². The van der Waals surface area contributed by atoms with E-state index in [1.54, 1.807) is 0 Å². The largest absolute Gasteiger partial charge is 0.392 e. The molecule has 0 fully saturated rings. The molecule has 0 aliphatic heterocycles. The van der Waals surface area contributed by atoms with Crippen molar-refractivity contribution < 1.29 is 5.11 Å². The smallest absolute Gasteiger partial charge is 0.0702 e. The Labute approximate surface area is 129 Å². The van der Waals surface area contributed by atoms with Crippen molar-refractivity contribution in [3.63, 3.8) is 0 Å². The summed E-state index contributed by atoms with van der Waals surface area (Å²) in [6, 6.07) is 13.3. The quantitative estimate of drug-likeness (QED) is 0.886. The van der Waals surface area contributed by atoms with Crippen LogP contribution in [0.25, 0.3) is 0 Å². The Balaban J connectivity index is 2.41. The molecule has 0 saturated carbocycles. The Morgan fingerprint density at radius 1 is 1.05 bits per heavy atom. The zero-order valence-corrected chi connectivity index (χ0v) is 13.0. The number of hydrogen-bond donors (Lipinski definition) is 1. The third-order valence-electron chi connectivity index (χ3n) is 3.53. The van der Waals surface area contributed by atoms with Crippen LogP contribution in [0.2, 0.25) is 10.0 Å². The summed E-state index contributed by atoms with van der Waals surface area (Å²) in [4.78, 5) is 2.04. The molecule has 0 bridgehead atoms. The van der Waals surface area contributed by atoms with Gasteiger partial charge in [0.25, 0.3) is 0 Å². The molecule has 0 amide bonds. The fourth-order valence-corrected chi connectivity index (χ4v) is 2.92. The van der Waals surface area contributed by atoms with E-state index >= 15 is 0 Å². The predicted octanol–water partition coefficient (Wildman–Crippen LogP) is 4.68. The molecule has 4 heteroatoms. The molecule has 2 aromatic rings. The minimum Gasteiger partial charge on any atom is -0.392 e. The number of aliphatic hydroxyl groups excluding tert-OH is 1. The van der Waals surface area contributed by atoms with E-state index in [0.717, 1.165) is 21.8 Å². The minimum absolute atomic E-state index is 0.0462. The van der Waals surface area contributed by atoms with Crippen molar-refractivity contribution in [1.82, 2.24) is 0 Å². The highest BCUT2D eigenvalue weighted by Gasteiger charge is 2.19. The first-order valence-electron chi connectivity index (χ1n) is 6.41. The molecule has 0 aliphatic rings. The number of nitrogens with zero attached hydrogens (tertiary/aromatic N) is 1. The van der Waals surface area contributed by atoms with Crippen molar-refractivity contribution in [3.8, 4) is 0 Å². The van der Waals surface area contributed by atoms with Crippen molar-refractivity contribution in [2.45, 2.75) is 19.6 Å². The van der Waals surface area contributed by atoms with Crippen LogP contribution in [0.3, 0.4) is 0 Å². The average Bonchev–Trinajstić information content (AvgIpc) is 2.46. The first kappa shape index (κ1) is 15.2. The Bertz CT molecular complexity index is 601. The van der Waals surface area contributed by atoms with E-state index in [1.165, 1.54) is 0 Å². The average molecular weight is 310 g/mol. The minimum atomic E-state index is -0.0462. The maximum Gasteiger partial charge on any atom is 0.0702 e. The zero-order chi connectivity index (χ0) is 14.7. The molecule has 2 aromatic carbocycles. The summed E-state index contributed by atoms with van der Waals surface area (Å²) in [7, 11) is 1.95. The summed E-state index contributed by atoms with van der Waals surface area (Å²) < 4.78 is 0. The summed E-state index contributed by atoms with van der Waals surface area (Å²) in [5.74, 6) is 0. The Kier molecular flexibility index (Phi) is 4.92. The normalized spacial score (nSPS) is 12.2. The van der Waals surface area contributed by atoms with Gasteiger partial charge in [-0.05, 0) is 24.6 Å². The van der Waals surface area contributed by atoms with Crippen molar-refractivity contribution in [1.29, 1.82) is 0 Å². The standard InChI is InChI=1S/C16H17Cl2NO/c1-11(13-7-3-4-8-14(13)17)19(2)16-12(10-20)6-5-9-15(16)18/h3-9,11,20H,10H2,1-2H3. The second kappa shape index (κ2) is 6.49. The molecule has 0 aliphatic carbocycles.